The van der Waals surface area contributed by atoms with Gasteiger partial charge >= 0.3 is 18.9 Å². The zero-order chi connectivity index (χ0) is 6.62. The van der Waals surface area contributed by atoms with Crippen LogP contribution < -0.4 is 36.1 Å². The van der Waals surface area contributed by atoms with Crippen molar-refractivity contribution in [3.63, 3.8) is 0 Å². The standard InChI is InChI=1S/C5H15N3.Li.H/c1-2-3-4-5(6,7)8;;/h2-4,6-8H2,1H3;;/q;+1;-1. The molecule has 0 aromatic rings. The molecule has 0 bridgehead atoms. The number of rotatable bonds is 3. The van der Waals surface area contributed by atoms with Crippen molar-refractivity contribution in [3.8, 4) is 0 Å². The van der Waals surface area contributed by atoms with Crippen LogP contribution in [0.3, 0.4) is 0 Å². The van der Waals surface area contributed by atoms with Gasteiger partial charge in [-0.05, 0) is 12.8 Å². The van der Waals surface area contributed by atoms with E-state index in [1.807, 2.05) is 0 Å². The van der Waals surface area contributed by atoms with E-state index in [2.05, 4.69) is 6.92 Å². The maximum absolute atomic E-state index is 5.28. The minimum Gasteiger partial charge on any atom is -1.00 e. The summed E-state index contributed by atoms with van der Waals surface area (Å²) in [6.45, 7) is 2.08. The van der Waals surface area contributed by atoms with Crippen LogP contribution in [-0.4, -0.2) is 5.79 Å². The van der Waals surface area contributed by atoms with E-state index in [0.717, 1.165) is 12.8 Å². The van der Waals surface area contributed by atoms with E-state index in [0.29, 0.717) is 6.42 Å². The van der Waals surface area contributed by atoms with Gasteiger partial charge in [-0.25, -0.2) is 0 Å². The largest absolute Gasteiger partial charge is 1.00 e. The van der Waals surface area contributed by atoms with Gasteiger partial charge in [-0.1, -0.05) is 13.3 Å². The summed E-state index contributed by atoms with van der Waals surface area (Å²) in [6.07, 6.45) is 2.79. The van der Waals surface area contributed by atoms with Gasteiger partial charge in [-0.15, -0.1) is 0 Å². The molecule has 0 rings (SSSR count). The van der Waals surface area contributed by atoms with Gasteiger partial charge in [0.2, 0.25) is 0 Å². The predicted octanol–water partition coefficient (Wildman–Crippen LogP) is -3.18. The maximum atomic E-state index is 5.28. The molecule has 9 heavy (non-hydrogen) atoms. The summed E-state index contributed by atoms with van der Waals surface area (Å²) in [5.41, 5.74) is 15.8. The van der Waals surface area contributed by atoms with Crippen LogP contribution >= 0.6 is 0 Å². The minimum atomic E-state index is -0.948. The Labute approximate surface area is 70.0 Å². The molecular weight excluding hydrogens is 109 g/mol. The fourth-order valence-electron chi connectivity index (χ4n) is 0.483. The second-order valence-electron chi connectivity index (χ2n) is 2.22. The summed E-state index contributed by atoms with van der Waals surface area (Å²) >= 11 is 0. The molecule has 0 radical (unpaired) electrons. The molecule has 0 amide bonds. The molecule has 52 valence electrons. The number of nitrogens with two attached hydrogens (primary N) is 3. The maximum Gasteiger partial charge on any atom is 1.00 e. The van der Waals surface area contributed by atoms with E-state index < -0.39 is 5.79 Å². The molecule has 0 aromatic heterocycles. The summed E-state index contributed by atoms with van der Waals surface area (Å²) in [4.78, 5) is 0. The van der Waals surface area contributed by atoms with E-state index in [9.17, 15) is 0 Å². The van der Waals surface area contributed by atoms with Crippen molar-refractivity contribution >= 4 is 0 Å². The Bertz CT molecular complexity index is 64.4. The van der Waals surface area contributed by atoms with Gasteiger partial charge in [0.05, 0.1) is 0 Å². The van der Waals surface area contributed by atoms with Gasteiger partial charge in [-0.2, -0.15) is 0 Å². The molecule has 0 saturated carbocycles. The topological polar surface area (TPSA) is 78.1 Å². The number of unbranched alkanes of at least 4 members (excludes halogenated alkanes) is 1. The zero-order valence-electron chi connectivity index (χ0n) is 7.35. The van der Waals surface area contributed by atoms with Crippen LogP contribution in [0.25, 0.3) is 0 Å². The Hall–Kier alpha value is 0.477. The second kappa shape index (κ2) is 5.28. The van der Waals surface area contributed by atoms with Crippen molar-refractivity contribution in [2.75, 3.05) is 0 Å². The molecule has 0 spiro atoms. The third kappa shape index (κ3) is 11.9. The first-order valence-electron chi connectivity index (χ1n) is 2.93. The Balaban J connectivity index is -0.000000245. The minimum absolute atomic E-state index is 0. The second-order valence-corrected chi connectivity index (χ2v) is 2.22. The normalized spacial score (nSPS) is 10.7. The Morgan fingerprint density at radius 3 is 1.89 bits per heavy atom. The summed E-state index contributed by atoms with van der Waals surface area (Å²) in [5.74, 6) is -0.948. The van der Waals surface area contributed by atoms with Gasteiger partial charge in [0.25, 0.3) is 0 Å². The van der Waals surface area contributed by atoms with Crippen molar-refractivity contribution in [1.29, 1.82) is 0 Å². The number of hydrogen-bond donors (Lipinski definition) is 3. The SMILES string of the molecule is CCCCC(N)(N)N.[H-].[Li+]. The quantitative estimate of drug-likeness (QED) is 0.275. The molecule has 0 aliphatic rings. The van der Waals surface area contributed by atoms with E-state index in [4.69, 9.17) is 17.2 Å². The molecule has 0 aliphatic carbocycles. The molecule has 0 atom stereocenters. The average Bonchev–Trinajstić information content (AvgIpc) is 1.59. The molecule has 0 saturated heterocycles. The first-order valence-corrected chi connectivity index (χ1v) is 2.93. The fourth-order valence-corrected chi connectivity index (χ4v) is 0.483. The van der Waals surface area contributed by atoms with E-state index in [1.165, 1.54) is 0 Å². The first kappa shape index (κ1) is 12.2. The van der Waals surface area contributed by atoms with Crippen LogP contribution in [0, 0.1) is 0 Å². The third-order valence-electron chi connectivity index (χ3n) is 0.963. The third-order valence-corrected chi connectivity index (χ3v) is 0.963. The summed E-state index contributed by atoms with van der Waals surface area (Å²) in [7, 11) is 0. The van der Waals surface area contributed by atoms with Gasteiger partial charge in [0.1, 0.15) is 5.79 Å². The molecule has 3 nitrogen and oxygen atoms in total. The predicted molar refractivity (Wildman–Crippen MR) is 35.9 cm³/mol. The molecule has 0 aromatic carbocycles. The van der Waals surface area contributed by atoms with Gasteiger partial charge in [0.15, 0.2) is 0 Å². The van der Waals surface area contributed by atoms with Crippen molar-refractivity contribution in [2.24, 2.45) is 17.2 Å². The molecule has 0 heterocycles. The van der Waals surface area contributed by atoms with Gasteiger partial charge in [0, 0.05) is 0 Å². The Kier molecular flexibility index (Phi) is 7.14. The van der Waals surface area contributed by atoms with Crippen LogP contribution in [0.1, 0.15) is 27.6 Å². The van der Waals surface area contributed by atoms with Crippen molar-refractivity contribution in [1.82, 2.24) is 0 Å². The Morgan fingerprint density at radius 1 is 1.33 bits per heavy atom. The first-order chi connectivity index (χ1) is 3.56. The Morgan fingerprint density at radius 2 is 1.78 bits per heavy atom. The van der Waals surface area contributed by atoms with Crippen LogP contribution in [-0.2, 0) is 0 Å². The molecule has 0 aliphatic heterocycles. The van der Waals surface area contributed by atoms with Crippen molar-refractivity contribution in [3.05, 3.63) is 0 Å². The molecular formula is C5H16LiN3. The van der Waals surface area contributed by atoms with Crippen LogP contribution in [0.4, 0.5) is 0 Å². The summed E-state index contributed by atoms with van der Waals surface area (Å²) < 4.78 is 0. The smallest absolute Gasteiger partial charge is 1.00 e. The average molecular weight is 125 g/mol. The monoisotopic (exact) mass is 125 g/mol. The molecule has 0 fully saturated rings. The molecule has 0 unspecified atom stereocenters. The molecule has 4 heteroatoms. The van der Waals surface area contributed by atoms with Crippen molar-refractivity contribution in [2.45, 2.75) is 32.0 Å². The zero-order valence-corrected chi connectivity index (χ0v) is 6.35. The van der Waals surface area contributed by atoms with Crippen LogP contribution in [0.5, 0.6) is 0 Å². The fraction of sp³-hybridized carbons (Fsp3) is 1.00. The summed E-state index contributed by atoms with van der Waals surface area (Å²) in [5, 5.41) is 0. The van der Waals surface area contributed by atoms with Gasteiger partial charge < -0.3 is 18.6 Å². The van der Waals surface area contributed by atoms with Gasteiger partial charge in [-0.3, -0.25) is 0 Å². The summed E-state index contributed by atoms with van der Waals surface area (Å²) in [6, 6.07) is 0. The number of hydrogen-bond acceptors (Lipinski definition) is 3. The van der Waals surface area contributed by atoms with Crippen LogP contribution in [0.2, 0.25) is 0 Å². The van der Waals surface area contributed by atoms with Crippen LogP contribution in [0.15, 0.2) is 0 Å². The van der Waals surface area contributed by atoms with E-state index in [-0.39, 0.29) is 20.3 Å². The van der Waals surface area contributed by atoms with E-state index >= 15 is 0 Å². The van der Waals surface area contributed by atoms with Crippen molar-refractivity contribution < 1.29 is 20.3 Å². The molecule has 6 N–H and O–H groups in total. The van der Waals surface area contributed by atoms with E-state index in [1.54, 1.807) is 0 Å².